The molecular formula is C50H38N2. The van der Waals surface area contributed by atoms with Crippen molar-refractivity contribution in [3.8, 4) is 33.6 Å². The van der Waals surface area contributed by atoms with Gasteiger partial charge in [0.15, 0.2) is 0 Å². The van der Waals surface area contributed by atoms with Gasteiger partial charge in [0, 0.05) is 32.3 Å². The molecule has 2 heterocycles. The van der Waals surface area contributed by atoms with Gasteiger partial charge in [-0.2, -0.15) is 0 Å². The van der Waals surface area contributed by atoms with Crippen molar-refractivity contribution in [3.63, 3.8) is 0 Å². The number of hydrogen-bond acceptors (Lipinski definition) is 0. The largest absolute Gasteiger partial charge is 0.309 e. The summed E-state index contributed by atoms with van der Waals surface area (Å²) in [6.45, 7) is 8.87. The molecule has 0 saturated carbocycles. The molecule has 248 valence electrons. The maximum Gasteiger partial charge on any atom is 0.0547 e. The summed E-state index contributed by atoms with van der Waals surface area (Å²) >= 11 is 0. The Hall–Kier alpha value is -6.38. The van der Waals surface area contributed by atoms with Gasteiger partial charge in [-0.25, -0.2) is 0 Å². The lowest BCUT2D eigenvalue weighted by molar-refractivity contribution is 1.17. The Morgan fingerprint density at radius 3 is 1.15 bits per heavy atom. The van der Waals surface area contributed by atoms with Crippen LogP contribution >= 0.6 is 0 Å². The first-order valence-corrected chi connectivity index (χ1v) is 18.2. The molecule has 0 unspecified atom stereocenters. The predicted molar refractivity (Wildman–Crippen MR) is 222 cm³/mol. The first-order valence-electron chi connectivity index (χ1n) is 18.2. The van der Waals surface area contributed by atoms with Crippen LogP contribution in [0.4, 0.5) is 0 Å². The highest BCUT2D eigenvalue weighted by Gasteiger charge is 2.21. The van der Waals surface area contributed by atoms with Gasteiger partial charge in [-0.05, 0) is 109 Å². The van der Waals surface area contributed by atoms with E-state index in [1.54, 1.807) is 0 Å². The molecule has 0 aliphatic rings. The van der Waals surface area contributed by atoms with Crippen molar-refractivity contribution in [1.29, 1.82) is 0 Å². The molecule has 8 aromatic carbocycles. The minimum atomic E-state index is 1.18. The summed E-state index contributed by atoms with van der Waals surface area (Å²) in [6.07, 6.45) is 0. The van der Waals surface area contributed by atoms with E-state index in [4.69, 9.17) is 0 Å². The minimum absolute atomic E-state index is 1.18. The molecule has 0 N–H and O–H groups in total. The predicted octanol–water partition coefficient (Wildman–Crippen LogP) is 13.6. The minimum Gasteiger partial charge on any atom is -0.309 e. The van der Waals surface area contributed by atoms with Crippen molar-refractivity contribution in [3.05, 3.63) is 180 Å². The molecular weight excluding hydrogens is 629 g/mol. The van der Waals surface area contributed by atoms with E-state index < -0.39 is 0 Å². The molecule has 0 spiro atoms. The van der Waals surface area contributed by atoms with Gasteiger partial charge in [0.25, 0.3) is 0 Å². The summed E-state index contributed by atoms with van der Waals surface area (Å²) in [5.74, 6) is 0. The fourth-order valence-electron chi connectivity index (χ4n) is 8.80. The summed E-state index contributed by atoms with van der Waals surface area (Å²) < 4.78 is 5.00. The van der Waals surface area contributed by atoms with E-state index in [1.807, 2.05) is 0 Å². The van der Waals surface area contributed by atoms with Gasteiger partial charge in [0.1, 0.15) is 0 Å². The lowest BCUT2D eigenvalue weighted by Gasteiger charge is -2.17. The van der Waals surface area contributed by atoms with Crippen LogP contribution in [0.15, 0.2) is 158 Å². The maximum atomic E-state index is 2.50. The van der Waals surface area contributed by atoms with E-state index in [-0.39, 0.29) is 0 Å². The monoisotopic (exact) mass is 666 g/mol. The summed E-state index contributed by atoms with van der Waals surface area (Å²) in [5, 5.41) is 7.62. The first-order chi connectivity index (χ1) is 25.5. The van der Waals surface area contributed by atoms with Gasteiger partial charge in [0.2, 0.25) is 0 Å². The van der Waals surface area contributed by atoms with Crippen LogP contribution in [0.1, 0.15) is 22.3 Å². The van der Waals surface area contributed by atoms with Gasteiger partial charge in [-0.15, -0.1) is 0 Å². The maximum absolute atomic E-state index is 2.50. The number of fused-ring (bicyclic) bond motifs is 7. The number of aromatic nitrogens is 2. The van der Waals surface area contributed by atoms with Crippen molar-refractivity contribution in [2.75, 3.05) is 0 Å². The molecule has 0 aliphatic carbocycles. The Morgan fingerprint density at radius 1 is 0.308 bits per heavy atom. The molecule has 0 saturated heterocycles. The molecule has 0 radical (unpaired) electrons. The van der Waals surface area contributed by atoms with Crippen LogP contribution in [-0.2, 0) is 0 Å². The molecule has 0 amide bonds. The number of rotatable bonds is 4. The topological polar surface area (TPSA) is 9.86 Å². The van der Waals surface area contributed by atoms with Crippen molar-refractivity contribution in [1.82, 2.24) is 9.13 Å². The van der Waals surface area contributed by atoms with Crippen LogP contribution in [0, 0.1) is 27.7 Å². The Morgan fingerprint density at radius 2 is 0.712 bits per heavy atom. The highest BCUT2D eigenvalue weighted by molar-refractivity contribution is 6.15. The van der Waals surface area contributed by atoms with E-state index in [0.717, 1.165) is 0 Å². The van der Waals surface area contributed by atoms with E-state index >= 15 is 0 Å². The van der Waals surface area contributed by atoms with Gasteiger partial charge >= 0.3 is 0 Å². The SMILES string of the molecule is Cc1ccccc1-c1ccc2c3c(C)cccc3n(-c3ccc(-n4c5cc(-c6ccccc6C)ccc5c5c(C)cccc54)c4ccccc34)c2c1. The lowest BCUT2D eigenvalue weighted by Crippen LogP contribution is -2.00. The van der Waals surface area contributed by atoms with Gasteiger partial charge in [-0.1, -0.05) is 121 Å². The third kappa shape index (κ3) is 4.44. The fourth-order valence-corrected chi connectivity index (χ4v) is 8.80. The average Bonchev–Trinajstić information content (AvgIpc) is 3.68. The summed E-state index contributed by atoms with van der Waals surface area (Å²) in [4.78, 5) is 0. The first kappa shape index (κ1) is 30.4. The van der Waals surface area contributed by atoms with Gasteiger partial charge in [-0.3, -0.25) is 0 Å². The highest BCUT2D eigenvalue weighted by atomic mass is 15.0. The van der Waals surface area contributed by atoms with Crippen LogP contribution in [0.5, 0.6) is 0 Å². The fraction of sp³-hybridized carbons (Fsp3) is 0.0800. The molecule has 10 rings (SSSR count). The van der Waals surface area contributed by atoms with Crippen molar-refractivity contribution in [2.45, 2.75) is 27.7 Å². The van der Waals surface area contributed by atoms with Crippen LogP contribution in [0.3, 0.4) is 0 Å². The quantitative estimate of drug-likeness (QED) is 0.177. The van der Waals surface area contributed by atoms with Crippen LogP contribution in [0.25, 0.3) is 88.0 Å². The van der Waals surface area contributed by atoms with Crippen LogP contribution in [-0.4, -0.2) is 9.13 Å². The molecule has 0 aliphatic heterocycles. The second-order valence-electron chi connectivity index (χ2n) is 14.4. The molecule has 2 aromatic heterocycles. The summed E-state index contributed by atoms with van der Waals surface area (Å²) in [7, 11) is 0. The van der Waals surface area contributed by atoms with E-state index in [0.29, 0.717) is 0 Å². The second kappa shape index (κ2) is 11.6. The summed E-state index contributed by atoms with van der Waals surface area (Å²) in [6, 6.07) is 58.4. The Kier molecular flexibility index (Phi) is 6.78. The molecule has 2 heteroatoms. The van der Waals surface area contributed by atoms with Crippen LogP contribution < -0.4 is 0 Å². The third-order valence-corrected chi connectivity index (χ3v) is 11.3. The number of aryl methyl sites for hydroxylation is 4. The molecule has 0 fully saturated rings. The van der Waals surface area contributed by atoms with Crippen LogP contribution in [0.2, 0.25) is 0 Å². The smallest absolute Gasteiger partial charge is 0.0547 e. The van der Waals surface area contributed by atoms with Gasteiger partial charge in [0.05, 0.1) is 33.4 Å². The Labute approximate surface area is 303 Å². The van der Waals surface area contributed by atoms with Crippen molar-refractivity contribution >= 4 is 54.4 Å². The van der Waals surface area contributed by atoms with Crippen molar-refractivity contribution < 1.29 is 0 Å². The Bertz CT molecular complexity index is 2850. The third-order valence-electron chi connectivity index (χ3n) is 11.3. The van der Waals surface area contributed by atoms with E-state index in [9.17, 15) is 0 Å². The zero-order valence-corrected chi connectivity index (χ0v) is 29.9. The molecule has 0 bridgehead atoms. The Balaban J connectivity index is 1.28. The zero-order chi connectivity index (χ0) is 35.1. The van der Waals surface area contributed by atoms with Crippen molar-refractivity contribution in [2.24, 2.45) is 0 Å². The molecule has 52 heavy (non-hydrogen) atoms. The van der Waals surface area contributed by atoms with E-state index in [2.05, 4.69) is 195 Å². The molecule has 0 atom stereocenters. The second-order valence-corrected chi connectivity index (χ2v) is 14.4. The average molecular weight is 667 g/mol. The van der Waals surface area contributed by atoms with Gasteiger partial charge < -0.3 is 9.13 Å². The number of benzene rings is 8. The summed E-state index contributed by atoms with van der Waals surface area (Å²) in [5.41, 5.74) is 17.4. The normalized spacial score (nSPS) is 11.8. The molecule has 2 nitrogen and oxygen atoms in total. The highest BCUT2D eigenvalue weighted by Crippen LogP contribution is 2.42. The zero-order valence-electron chi connectivity index (χ0n) is 29.9. The lowest BCUT2D eigenvalue weighted by atomic mass is 9.99. The van der Waals surface area contributed by atoms with E-state index in [1.165, 1.54) is 110 Å². The molecule has 10 aromatic rings. The number of nitrogens with zero attached hydrogens (tertiary/aromatic N) is 2. The standard InChI is InChI=1S/C50H38N2/c1-31-13-5-7-17-37(31)35-23-25-41-47(29-35)51(45-21-11-15-33(3)49(41)45)43-27-28-44(40-20-10-9-19-39(40)43)52-46-22-12-16-34(4)50(46)42-26-24-36(30-48(42)52)38-18-8-6-14-32(38)2/h5-30H,1-4H3. The number of hydrogen-bond donors (Lipinski definition) is 0.